The summed E-state index contributed by atoms with van der Waals surface area (Å²) in [4.78, 5) is 14.6. The van der Waals surface area contributed by atoms with Gasteiger partial charge >= 0.3 is 5.97 Å². The van der Waals surface area contributed by atoms with Crippen molar-refractivity contribution < 1.29 is 24.1 Å². The number of likely N-dealkylation sites (N-methyl/N-ethyl adjacent to an activating group) is 1. The molecule has 308 valence electrons. The Kier molecular flexibility index (Phi) is 43.2. The number of nitrogens with zero attached hydrogens (tertiary/aromatic N) is 1. The van der Waals surface area contributed by atoms with Crippen LogP contribution in [0.2, 0.25) is 0 Å². The number of carbonyl (C=O) groups is 1. The van der Waals surface area contributed by atoms with Crippen molar-refractivity contribution in [1.82, 2.24) is 4.90 Å². The first-order valence-corrected chi connectivity index (χ1v) is 22.6. The molecule has 0 unspecified atom stereocenters. The van der Waals surface area contributed by atoms with E-state index in [9.17, 15) is 4.79 Å². The first-order chi connectivity index (χ1) is 25.6. The summed E-state index contributed by atoms with van der Waals surface area (Å²) in [5.41, 5.74) is 0. The molecule has 0 rings (SSSR count). The van der Waals surface area contributed by atoms with Crippen LogP contribution in [0.3, 0.4) is 0 Å². The number of hydrogen-bond donors (Lipinski definition) is 1. The number of esters is 1. The highest BCUT2D eigenvalue weighted by atomic mass is 16.6. The Morgan fingerprint density at radius 1 is 0.519 bits per heavy atom. The Balaban J connectivity index is 4.00. The van der Waals surface area contributed by atoms with Gasteiger partial charge in [0.2, 0.25) is 0 Å². The van der Waals surface area contributed by atoms with Gasteiger partial charge in [-0.1, -0.05) is 154 Å². The van der Waals surface area contributed by atoms with Crippen LogP contribution < -0.4 is 0 Å². The van der Waals surface area contributed by atoms with E-state index >= 15 is 0 Å². The quantitative estimate of drug-likeness (QED) is 0.0382. The molecule has 0 atom stereocenters. The molecular formula is C46H89NO5. The van der Waals surface area contributed by atoms with Gasteiger partial charge < -0.3 is 24.2 Å². The zero-order valence-corrected chi connectivity index (χ0v) is 35.1. The highest BCUT2D eigenvalue weighted by Crippen LogP contribution is 2.12. The molecule has 0 aliphatic carbocycles. The molecule has 0 saturated heterocycles. The van der Waals surface area contributed by atoms with Crippen molar-refractivity contribution in [2.45, 2.75) is 213 Å². The minimum atomic E-state index is -0.356. The number of allylic oxidation sites excluding steroid dienone is 4. The summed E-state index contributed by atoms with van der Waals surface area (Å²) in [6.07, 6.45) is 46.5. The third kappa shape index (κ3) is 41.5. The van der Waals surface area contributed by atoms with Crippen molar-refractivity contribution in [2.24, 2.45) is 0 Å². The zero-order chi connectivity index (χ0) is 37.8. The number of carbonyl (C=O) groups excluding carboxylic acids is 1. The van der Waals surface area contributed by atoms with Gasteiger partial charge in [0.25, 0.3) is 0 Å². The molecule has 6 heteroatoms. The van der Waals surface area contributed by atoms with Crippen molar-refractivity contribution >= 4 is 5.97 Å². The lowest BCUT2D eigenvalue weighted by Gasteiger charge is -2.19. The third-order valence-corrected chi connectivity index (χ3v) is 9.91. The average Bonchev–Trinajstić information content (AvgIpc) is 3.13. The van der Waals surface area contributed by atoms with E-state index in [1.807, 2.05) is 11.9 Å². The van der Waals surface area contributed by atoms with Crippen molar-refractivity contribution in [1.29, 1.82) is 0 Å². The molecule has 0 saturated carbocycles. The predicted octanol–water partition coefficient (Wildman–Crippen LogP) is 12.7. The first kappa shape index (κ1) is 50.8. The summed E-state index contributed by atoms with van der Waals surface area (Å²) in [5.74, 6) is -0.191. The van der Waals surface area contributed by atoms with Crippen LogP contribution in [0.5, 0.6) is 0 Å². The summed E-state index contributed by atoms with van der Waals surface area (Å²) in [5, 5.41) is 9.09. The van der Waals surface area contributed by atoms with E-state index in [0.717, 1.165) is 19.4 Å². The maximum Gasteiger partial charge on any atom is 0.306 e. The van der Waals surface area contributed by atoms with E-state index in [1.165, 1.54) is 167 Å². The lowest BCUT2D eigenvalue weighted by Crippen LogP contribution is -2.29. The minimum Gasteiger partial charge on any atom is -0.457 e. The fourth-order valence-electron chi connectivity index (χ4n) is 6.47. The van der Waals surface area contributed by atoms with Crippen LogP contribution in [0.4, 0.5) is 0 Å². The molecule has 0 fully saturated rings. The number of ether oxygens (including phenoxy) is 3. The number of aliphatic hydroxyl groups excluding tert-OH is 1. The van der Waals surface area contributed by atoms with Gasteiger partial charge in [-0.2, -0.15) is 0 Å². The highest BCUT2D eigenvalue weighted by Gasteiger charge is 2.16. The van der Waals surface area contributed by atoms with Crippen molar-refractivity contribution in [3.05, 3.63) is 24.3 Å². The smallest absolute Gasteiger partial charge is 0.306 e. The Labute approximate surface area is 324 Å². The Hall–Kier alpha value is -1.21. The maximum atomic E-state index is 12.6. The van der Waals surface area contributed by atoms with Gasteiger partial charge in [0.05, 0.1) is 19.8 Å². The lowest BCUT2D eigenvalue weighted by molar-refractivity contribution is -0.156. The van der Waals surface area contributed by atoms with Crippen LogP contribution in [0.25, 0.3) is 0 Å². The minimum absolute atomic E-state index is 0.131. The molecule has 0 bridgehead atoms. The summed E-state index contributed by atoms with van der Waals surface area (Å²) >= 11 is 0. The molecule has 0 amide bonds. The van der Waals surface area contributed by atoms with Crippen LogP contribution in [-0.2, 0) is 19.0 Å². The first-order valence-electron chi connectivity index (χ1n) is 22.6. The van der Waals surface area contributed by atoms with Gasteiger partial charge in [0.1, 0.15) is 6.10 Å². The zero-order valence-electron chi connectivity index (χ0n) is 35.1. The fraction of sp³-hybridized carbons (Fsp3) is 0.891. The molecule has 0 aliphatic rings. The molecule has 0 aromatic carbocycles. The second kappa shape index (κ2) is 44.2. The molecule has 0 aromatic heterocycles. The Morgan fingerprint density at radius 2 is 0.885 bits per heavy atom. The molecule has 1 N–H and O–H groups in total. The summed E-state index contributed by atoms with van der Waals surface area (Å²) < 4.78 is 17.7. The molecule has 6 nitrogen and oxygen atoms in total. The van der Waals surface area contributed by atoms with Crippen molar-refractivity contribution in [3.8, 4) is 0 Å². The van der Waals surface area contributed by atoms with Crippen molar-refractivity contribution in [2.75, 3.05) is 53.2 Å². The van der Waals surface area contributed by atoms with Crippen LogP contribution in [0.15, 0.2) is 24.3 Å². The summed E-state index contributed by atoms with van der Waals surface area (Å²) in [6, 6.07) is 0. The second-order valence-corrected chi connectivity index (χ2v) is 15.3. The van der Waals surface area contributed by atoms with Crippen LogP contribution in [0, 0.1) is 0 Å². The fourth-order valence-corrected chi connectivity index (χ4v) is 6.47. The standard InChI is InChI=1S/C46H89NO5/c1-4-6-8-10-12-14-16-18-20-22-24-26-28-30-32-34-41-50-43-45(52-46(49)37-36-38-47(3)39-40-48)44-51-42-35-33-31-29-27-25-23-21-19-17-15-13-11-9-7-5-2/h18-21,45,48H,4-17,22-44H2,1-3H3. The predicted molar refractivity (Wildman–Crippen MR) is 224 cm³/mol. The van der Waals surface area contributed by atoms with Gasteiger partial charge in [-0.3, -0.25) is 4.79 Å². The van der Waals surface area contributed by atoms with Crippen molar-refractivity contribution in [3.63, 3.8) is 0 Å². The topological polar surface area (TPSA) is 68.2 Å². The highest BCUT2D eigenvalue weighted by molar-refractivity contribution is 5.69. The lowest BCUT2D eigenvalue weighted by atomic mass is 10.1. The van der Waals surface area contributed by atoms with E-state index < -0.39 is 0 Å². The molecule has 52 heavy (non-hydrogen) atoms. The van der Waals surface area contributed by atoms with Gasteiger partial charge in [0.15, 0.2) is 0 Å². The SMILES string of the molecule is CCCCCCCCC=CCCCCCCCCOCC(COCCCCCCCCC=CCCCCCCCC)OC(=O)CCCN(C)CCO. The van der Waals surface area contributed by atoms with Gasteiger partial charge in [-0.25, -0.2) is 0 Å². The Morgan fingerprint density at radius 3 is 1.27 bits per heavy atom. The van der Waals surface area contributed by atoms with Crippen LogP contribution in [-0.4, -0.2) is 75.3 Å². The molecule has 0 heterocycles. The maximum absolute atomic E-state index is 12.6. The Bertz CT molecular complexity index is 711. The summed E-state index contributed by atoms with van der Waals surface area (Å²) in [6.45, 7) is 8.27. The number of hydrogen-bond acceptors (Lipinski definition) is 6. The average molecular weight is 736 g/mol. The number of aliphatic hydroxyl groups is 1. The second-order valence-electron chi connectivity index (χ2n) is 15.3. The molecular weight excluding hydrogens is 647 g/mol. The van der Waals surface area contributed by atoms with Gasteiger partial charge in [-0.05, 0) is 84.2 Å². The molecule has 0 spiro atoms. The van der Waals surface area contributed by atoms with E-state index in [1.54, 1.807) is 0 Å². The van der Waals surface area contributed by atoms with Gasteiger partial charge in [0, 0.05) is 26.2 Å². The number of unbranched alkanes of at least 4 members (excludes halogenated alkanes) is 24. The van der Waals surface area contributed by atoms with E-state index in [4.69, 9.17) is 19.3 Å². The van der Waals surface area contributed by atoms with E-state index in [-0.39, 0.29) is 18.7 Å². The largest absolute Gasteiger partial charge is 0.457 e. The van der Waals surface area contributed by atoms with Crippen LogP contribution >= 0.6 is 0 Å². The number of rotatable bonds is 43. The monoisotopic (exact) mass is 736 g/mol. The molecule has 0 aromatic rings. The normalized spacial score (nSPS) is 12.6. The van der Waals surface area contributed by atoms with E-state index in [2.05, 4.69) is 38.2 Å². The molecule has 0 radical (unpaired) electrons. The molecule has 0 aliphatic heterocycles. The van der Waals surface area contributed by atoms with Gasteiger partial charge in [-0.15, -0.1) is 0 Å². The third-order valence-electron chi connectivity index (χ3n) is 9.91. The van der Waals surface area contributed by atoms with E-state index in [0.29, 0.717) is 45.8 Å². The summed E-state index contributed by atoms with van der Waals surface area (Å²) in [7, 11) is 1.96. The van der Waals surface area contributed by atoms with Crippen LogP contribution in [0.1, 0.15) is 206 Å².